The van der Waals surface area contributed by atoms with Gasteiger partial charge in [0.15, 0.2) is 0 Å². The highest BCUT2D eigenvalue weighted by molar-refractivity contribution is 7.11. The lowest BCUT2D eigenvalue weighted by Crippen LogP contribution is -2.34. The summed E-state index contributed by atoms with van der Waals surface area (Å²) in [5.74, 6) is 0.486. The van der Waals surface area contributed by atoms with Crippen molar-refractivity contribution in [2.24, 2.45) is 5.73 Å². The molecule has 1 heterocycles. The van der Waals surface area contributed by atoms with Crippen molar-refractivity contribution in [3.63, 3.8) is 0 Å². The molecule has 0 aromatic carbocycles. The van der Waals surface area contributed by atoms with E-state index >= 15 is 0 Å². The van der Waals surface area contributed by atoms with Crippen molar-refractivity contribution in [1.82, 2.24) is 10.2 Å². The second-order valence-electron chi connectivity index (χ2n) is 3.58. The van der Waals surface area contributed by atoms with Crippen LogP contribution in [0, 0.1) is 0 Å². The molecule has 5 heteroatoms. The number of aliphatic hydroxyl groups excluding tert-OH is 1. The van der Waals surface area contributed by atoms with Crippen LogP contribution in [0.3, 0.4) is 0 Å². The fraction of sp³-hybridized carbons (Fsp3) is 0.750. The number of nitrogens with two attached hydrogens (primary N) is 1. The molecule has 0 aliphatic heterocycles. The number of rotatable bonds is 2. The SMILES string of the molecule is C[C@@H](O)c1nnc(C2CC(N)C2)s1. The van der Waals surface area contributed by atoms with Gasteiger partial charge >= 0.3 is 0 Å². The average molecular weight is 199 g/mol. The van der Waals surface area contributed by atoms with Crippen LogP contribution in [0.1, 0.15) is 41.8 Å². The van der Waals surface area contributed by atoms with E-state index in [1.54, 1.807) is 6.92 Å². The summed E-state index contributed by atoms with van der Waals surface area (Å²) in [6, 6.07) is 0.337. The maximum Gasteiger partial charge on any atom is 0.145 e. The van der Waals surface area contributed by atoms with E-state index in [-0.39, 0.29) is 0 Å². The first-order valence-corrected chi connectivity index (χ1v) is 5.25. The lowest BCUT2D eigenvalue weighted by atomic mass is 9.81. The molecule has 1 aliphatic carbocycles. The minimum absolute atomic E-state index is 0.337. The van der Waals surface area contributed by atoms with Crippen LogP contribution >= 0.6 is 11.3 Å². The van der Waals surface area contributed by atoms with E-state index in [1.165, 1.54) is 11.3 Å². The van der Waals surface area contributed by atoms with Gasteiger partial charge in [0.2, 0.25) is 0 Å². The predicted molar refractivity (Wildman–Crippen MR) is 50.5 cm³/mol. The molecule has 0 amide bonds. The van der Waals surface area contributed by atoms with E-state index in [4.69, 9.17) is 5.73 Å². The molecular formula is C8H13N3OS. The van der Waals surface area contributed by atoms with Gasteiger partial charge in [-0.25, -0.2) is 0 Å². The molecule has 2 rings (SSSR count). The van der Waals surface area contributed by atoms with Gasteiger partial charge in [0.1, 0.15) is 16.1 Å². The van der Waals surface area contributed by atoms with Gasteiger partial charge < -0.3 is 10.8 Å². The minimum atomic E-state index is -0.500. The first kappa shape index (κ1) is 9.05. The van der Waals surface area contributed by atoms with Crippen molar-refractivity contribution in [2.45, 2.75) is 37.8 Å². The zero-order valence-electron chi connectivity index (χ0n) is 7.47. The molecule has 4 nitrogen and oxygen atoms in total. The van der Waals surface area contributed by atoms with Gasteiger partial charge in [0, 0.05) is 12.0 Å². The highest BCUT2D eigenvalue weighted by Crippen LogP contribution is 2.37. The van der Waals surface area contributed by atoms with Crippen molar-refractivity contribution < 1.29 is 5.11 Å². The van der Waals surface area contributed by atoms with Gasteiger partial charge in [-0.2, -0.15) is 0 Å². The maximum absolute atomic E-state index is 9.24. The smallest absolute Gasteiger partial charge is 0.145 e. The molecule has 72 valence electrons. The van der Waals surface area contributed by atoms with Gasteiger partial charge in [-0.15, -0.1) is 10.2 Å². The maximum atomic E-state index is 9.24. The standard InChI is InChI=1S/C8H13N3OS/c1-4(12)7-10-11-8(13-7)5-2-6(9)3-5/h4-6,12H,2-3,9H2,1H3/t4-,5?,6?/m1/s1. The molecule has 1 fully saturated rings. The van der Waals surface area contributed by atoms with Crippen molar-refractivity contribution in [1.29, 1.82) is 0 Å². The van der Waals surface area contributed by atoms with E-state index in [9.17, 15) is 5.11 Å². The van der Waals surface area contributed by atoms with E-state index in [0.717, 1.165) is 17.8 Å². The summed E-state index contributed by atoms with van der Waals surface area (Å²) in [5, 5.41) is 18.9. The zero-order valence-corrected chi connectivity index (χ0v) is 8.29. The van der Waals surface area contributed by atoms with E-state index in [1.807, 2.05) is 0 Å². The average Bonchev–Trinajstić information content (AvgIpc) is 2.46. The van der Waals surface area contributed by atoms with Crippen LogP contribution in [0.25, 0.3) is 0 Å². The van der Waals surface area contributed by atoms with Crippen LogP contribution in [0.5, 0.6) is 0 Å². The van der Waals surface area contributed by atoms with Gasteiger partial charge in [-0.3, -0.25) is 0 Å². The third-order valence-electron chi connectivity index (χ3n) is 2.34. The number of nitrogens with zero attached hydrogens (tertiary/aromatic N) is 2. The molecule has 1 aromatic heterocycles. The lowest BCUT2D eigenvalue weighted by Gasteiger charge is -2.30. The normalized spacial score (nSPS) is 29.8. The molecule has 3 N–H and O–H groups in total. The minimum Gasteiger partial charge on any atom is -0.386 e. The van der Waals surface area contributed by atoms with Gasteiger partial charge in [-0.1, -0.05) is 11.3 Å². The molecule has 1 atom stereocenters. The van der Waals surface area contributed by atoms with E-state index < -0.39 is 6.10 Å². The summed E-state index contributed by atoms with van der Waals surface area (Å²) in [7, 11) is 0. The molecule has 1 saturated carbocycles. The first-order chi connectivity index (χ1) is 6.16. The van der Waals surface area contributed by atoms with Crippen LogP contribution in [-0.2, 0) is 0 Å². The van der Waals surface area contributed by atoms with Gasteiger partial charge in [-0.05, 0) is 19.8 Å². The van der Waals surface area contributed by atoms with Crippen LogP contribution in [0.15, 0.2) is 0 Å². The Labute approximate surface area is 80.8 Å². The highest BCUT2D eigenvalue weighted by atomic mass is 32.1. The number of aliphatic hydroxyl groups is 1. The summed E-state index contributed by atoms with van der Waals surface area (Å²) in [4.78, 5) is 0. The quantitative estimate of drug-likeness (QED) is 0.739. The largest absolute Gasteiger partial charge is 0.386 e. The zero-order chi connectivity index (χ0) is 9.42. The Balaban J connectivity index is 2.06. The van der Waals surface area contributed by atoms with Gasteiger partial charge in [0.25, 0.3) is 0 Å². The number of aromatic nitrogens is 2. The monoisotopic (exact) mass is 199 g/mol. The Morgan fingerprint density at radius 2 is 2.23 bits per heavy atom. The first-order valence-electron chi connectivity index (χ1n) is 4.43. The summed E-state index contributed by atoms with van der Waals surface area (Å²) in [5.41, 5.74) is 5.68. The van der Waals surface area contributed by atoms with Crippen LogP contribution in [-0.4, -0.2) is 21.3 Å². The predicted octanol–water partition coefficient (Wildman–Crippen LogP) is 0.796. The van der Waals surface area contributed by atoms with Crippen molar-refractivity contribution >= 4 is 11.3 Å². The number of hydrogen-bond acceptors (Lipinski definition) is 5. The third kappa shape index (κ3) is 1.72. The molecular weight excluding hydrogens is 186 g/mol. The van der Waals surface area contributed by atoms with Crippen molar-refractivity contribution in [3.8, 4) is 0 Å². The van der Waals surface area contributed by atoms with E-state index in [2.05, 4.69) is 10.2 Å². The second kappa shape index (κ2) is 3.32. The molecule has 1 aromatic rings. The summed E-state index contributed by atoms with van der Waals surface area (Å²) in [6.45, 7) is 1.71. The fourth-order valence-electron chi connectivity index (χ4n) is 1.44. The summed E-state index contributed by atoms with van der Waals surface area (Å²) < 4.78 is 0. The lowest BCUT2D eigenvalue weighted by molar-refractivity contribution is 0.198. The van der Waals surface area contributed by atoms with Crippen molar-refractivity contribution in [2.75, 3.05) is 0 Å². The Kier molecular flexibility index (Phi) is 2.31. The molecule has 0 spiro atoms. The third-order valence-corrected chi connectivity index (χ3v) is 3.59. The number of hydrogen-bond donors (Lipinski definition) is 2. The summed E-state index contributed by atoms with van der Waals surface area (Å²) >= 11 is 1.50. The molecule has 0 saturated heterocycles. The van der Waals surface area contributed by atoms with Crippen LogP contribution in [0.4, 0.5) is 0 Å². The molecule has 0 bridgehead atoms. The Morgan fingerprint density at radius 3 is 2.69 bits per heavy atom. The van der Waals surface area contributed by atoms with E-state index in [0.29, 0.717) is 17.0 Å². The van der Waals surface area contributed by atoms with Crippen LogP contribution in [0.2, 0.25) is 0 Å². The second-order valence-corrected chi connectivity index (χ2v) is 4.62. The van der Waals surface area contributed by atoms with Gasteiger partial charge in [0.05, 0.1) is 0 Å². The molecule has 0 unspecified atom stereocenters. The molecule has 1 aliphatic rings. The van der Waals surface area contributed by atoms with Crippen molar-refractivity contribution in [3.05, 3.63) is 10.0 Å². The fourth-order valence-corrected chi connectivity index (χ4v) is 2.35. The van der Waals surface area contributed by atoms with Crippen LogP contribution < -0.4 is 5.73 Å². The molecule has 0 radical (unpaired) electrons. The Morgan fingerprint density at radius 1 is 1.54 bits per heavy atom. The topological polar surface area (TPSA) is 72.0 Å². The molecule has 13 heavy (non-hydrogen) atoms. The summed E-state index contributed by atoms with van der Waals surface area (Å²) in [6.07, 6.45) is 1.52. The Bertz CT molecular complexity index is 293. The highest BCUT2D eigenvalue weighted by Gasteiger charge is 2.30. The Hall–Kier alpha value is -0.520.